The topological polar surface area (TPSA) is 177 Å². The molecule has 16 aromatic carbocycles. The second-order valence-corrected chi connectivity index (χ2v) is 36.7. The monoisotopic (exact) mass is 1770 g/mol. The van der Waals surface area contributed by atoms with E-state index in [1.807, 2.05) is 135 Å². The molecule has 1 N–H and O–H groups in total. The van der Waals surface area contributed by atoms with Crippen LogP contribution in [-0.4, -0.2) is 41.9 Å². The molecule has 0 aliphatic rings. The van der Waals surface area contributed by atoms with Gasteiger partial charge in [0.05, 0.1) is 4.90 Å². The third-order valence-electron chi connectivity index (χ3n) is 24.1. The maximum absolute atomic E-state index is 13.7. The SMILES string of the molecule is CC(C)(c1ccc(Oc2ccc(C(=O)c3ccc(Cl)cc3)cc2)cc1)c1cccc(C(C)(C)c2ccc(Oc3ccc(C(=O)c4ccc(Cl)cc4)cc3)cc2)c1.Cc1ccc(C(=O)c2ccc(Oc3ccc(C(C)(C)c4cccc(C(C)(C)c5ccc(Oc6ccc(C(=O)c7ccc(-c8ccc(C)cc8C(=O)c8cccc(S(=O)(=O)O)c8)cc7)cc6)cc5)c4)cc3)cc2)cc1. The Bertz CT molecular complexity index is 6780. The third-order valence-corrected chi connectivity index (χ3v) is 25.5. The molecule has 16 aromatic rings. The van der Waals surface area contributed by atoms with E-state index in [2.05, 4.69) is 152 Å². The molecular formula is C115H94Cl2O12S. The van der Waals surface area contributed by atoms with Crippen molar-refractivity contribution >= 4 is 62.2 Å². The van der Waals surface area contributed by atoms with Gasteiger partial charge >= 0.3 is 0 Å². The molecule has 0 saturated carbocycles. The molecule has 16 rings (SSSR count). The van der Waals surface area contributed by atoms with E-state index in [0.29, 0.717) is 117 Å². The van der Waals surface area contributed by atoms with Crippen LogP contribution >= 0.6 is 23.2 Å². The Hall–Kier alpha value is -14.4. The van der Waals surface area contributed by atoms with Gasteiger partial charge in [0.1, 0.15) is 46.0 Å². The van der Waals surface area contributed by atoms with Crippen molar-refractivity contribution < 1.29 is 55.9 Å². The van der Waals surface area contributed by atoms with Crippen molar-refractivity contribution in [2.75, 3.05) is 0 Å². The molecular weight excluding hydrogens is 1680 g/mol. The van der Waals surface area contributed by atoms with E-state index >= 15 is 0 Å². The highest BCUT2D eigenvalue weighted by atomic mass is 35.5. The highest BCUT2D eigenvalue weighted by molar-refractivity contribution is 7.85. The quantitative estimate of drug-likeness (QED) is 0.0363. The molecule has 130 heavy (non-hydrogen) atoms. The Morgan fingerprint density at radius 3 is 0.762 bits per heavy atom. The molecule has 0 aromatic heterocycles. The summed E-state index contributed by atoms with van der Waals surface area (Å²) in [5.41, 5.74) is 16.4. The Balaban J connectivity index is 0.000000207. The molecule has 0 bridgehead atoms. The summed E-state index contributed by atoms with van der Waals surface area (Å²) in [6.07, 6.45) is 0. The first kappa shape index (κ1) is 90.4. The maximum Gasteiger partial charge on any atom is 0.294 e. The minimum absolute atomic E-state index is 0.0250. The predicted octanol–water partition coefficient (Wildman–Crippen LogP) is 28.8. The first-order valence-corrected chi connectivity index (χ1v) is 44.8. The highest BCUT2D eigenvalue weighted by Crippen LogP contribution is 2.43. The molecule has 0 atom stereocenters. The van der Waals surface area contributed by atoms with Gasteiger partial charge in [-0.15, -0.1) is 0 Å². The number of ketones is 5. The molecule has 646 valence electrons. The summed E-state index contributed by atoms with van der Waals surface area (Å²) in [6.45, 7) is 21.7. The molecule has 15 heteroatoms. The van der Waals surface area contributed by atoms with Crippen molar-refractivity contribution in [2.24, 2.45) is 0 Å². The van der Waals surface area contributed by atoms with Crippen molar-refractivity contribution in [3.63, 3.8) is 0 Å². The number of carbonyl (C=O) groups excluding carboxylic acids is 5. The fourth-order valence-corrected chi connectivity index (χ4v) is 16.5. The van der Waals surface area contributed by atoms with E-state index in [4.69, 9.17) is 42.1 Å². The van der Waals surface area contributed by atoms with E-state index in [1.54, 1.807) is 140 Å². The van der Waals surface area contributed by atoms with Crippen LogP contribution < -0.4 is 18.9 Å². The maximum atomic E-state index is 13.7. The fraction of sp³-hybridized carbons (Fsp3) is 0.122. The van der Waals surface area contributed by atoms with Crippen molar-refractivity contribution in [1.29, 1.82) is 0 Å². The summed E-state index contributed by atoms with van der Waals surface area (Å²) in [6, 6.07) is 118. The average Bonchev–Trinajstić information content (AvgIpc) is 0.776. The van der Waals surface area contributed by atoms with Gasteiger partial charge in [-0.1, -0.05) is 260 Å². The van der Waals surface area contributed by atoms with Crippen LogP contribution in [0.5, 0.6) is 46.0 Å². The Morgan fingerprint density at radius 2 is 0.485 bits per heavy atom. The van der Waals surface area contributed by atoms with Crippen LogP contribution in [0.2, 0.25) is 10.0 Å². The van der Waals surface area contributed by atoms with E-state index < -0.39 is 15.9 Å². The largest absolute Gasteiger partial charge is 0.457 e. The molecule has 0 spiro atoms. The number of benzene rings is 16. The normalized spacial score (nSPS) is 11.6. The number of hydrogen-bond donors (Lipinski definition) is 1. The zero-order valence-corrected chi connectivity index (χ0v) is 75.8. The number of hydrogen-bond acceptors (Lipinski definition) is 11. The van der Waals surface area contributed by atoms with Crippen molar-refractivity contribution in [1.82, 2.24) is 0 Å². The number of carbonyl (C=O) groups is 5. The first-order valence-electron chi connectivity index (χ1n) is 42.6. The van der Waals surface area contributed by atoms with Crippen molar-refractivity contribution in [2.45, 2.75) is 95.8 Å². The Labute approximate surface area is 769 Å². The Kier molecular flexibility index (Phi) is 26.6. The average molecular weight is 1770 g/mol. The lowest BCUT2D eigenvalue weighted by Gasteiger charge is -2.31. The van der Waals surface area contributed by atoms with Gasteiger partial charge in [0.15, 0.2) is 28.9 Å². The van der Waals surface area contributed by atoms with Gasteiger partial charge in [0.25, 0.3) is 10.1 Å². The first-order chi connectivity index (χ1) is 62.2. The molecule has 0 heterocycles. The number of halogens is 2. The van der Waals surface area contributed by atoms with Crippen molar-refractivity contribution in [3.05, 3.63) is 503 Å². The van der Waals surface area contributed by atoms with E-state index in [0.717, 1.165) is 39.4 Å². The number of rotatable bonds is 28. The van der Waals surface area contributed by atoms with E-state index in [-0.39, 0.29) is 55.3 Å². The van der Waals surface area contributed by atoms with Gasteiger partial charge in [-0.25, -0.2) is 0 Å². The minimum Gasteiger partial charge on any atom is -0.457 e. The lowest BCUT2D eigenvalue weighted by atomic mass is 9.73. The van der Waals surface area contributed by atoms with Gasteiger partial charge in [-0.05, 0) is 282 Å². The van der Waals surface area contributed by atoms with Gasteiger partial charge in [0.2, 0.25) is 0 Å². The summed E-state index contributed by atoms with van der Waals surface area (Å²) in [5.74, 6) is 4.58. The summed E-state index contributed by atoms with van der Waals surface area (Å²) >= 11 is 11.9. The van der Waals surface area contributed by atoms with Crippen LogP contribution in [-0.2, 0) is 31.8 Å². The highest BCUT2D eigenvalue weighted by Gasteiger charge is 2.32. The molecule has 0 unspecified atom stereocenters. The van der Waals surface area contributed by atoms with Crippen LogP contribution in [0.4, 0.5) is 0 Å². The Morgan fingerprint density at radius 1 is 0.246 bits per heavy atom. The summed E-state index contributed by atoms with van der Waals surface area (Å²) in [4.78, 5) is 65.6. The molecule has 12 nitrogen and oxygen atoms in total. The summed E-state index contributed by atoms with van der Waals surface area (Å²) < 4.78 is 57.8. The van der Waals surface area contributed by atoms with Crippen LogP contribution in [0, 0.1) is 13.8 Å². The summed E-state index contributed by atoms with van der Waals surface area (Å²) in [7, 11) is -4.50. The minimum atomic E-state index is -4.50. The summed E-state index contributed by atoms with van der Waals surface area (Å²) in [5, 5.41) is 1.19. The van der Waals surface area contributed by atoms with Crippen LogP contribution in [0.1, 0.15) is 191 Å². The second kappa shape index (κ2) is 38.2. The second-order valence-electron chi connectivity index (χ2n) is 34.4. The third kappa shape index (κ3) is 20.9. The standard InChI is InChI=1S/C65H54O8S.C50H40Cl2O4/c1-42-13-16-45(17-14-42)61(66)47-22-30-54(31-23-47)72-56-34-26-50(27-35-56)64(3,4)52-10-8-11-53(41-52)65(5,6)51-28-36-57(37-29-51)73-55-32-24-48(25-33-55)62(67)46-20-18-44(19-21-46)59-38-15-43(2)39-60(59)63(68)49-9-7-12-58(40-49)74(69,70)71;1-49(2,37-16-28-45(29-17-37)55-43-24-12-35(13-25-43)47(53)33-8-20-41(51)21-9-33)39-6-5-7-40(32-39)50(3,4)38-18-30-46(31-19-38)56-44-26-14-36(15-27-44)48(54)34-10-22-42(52)23-11-34/h7-41H,1-6H3,(H,69,70,71);5-32H,1-4H3. The molecule has 0 aliphatic carbocycles. The zero-order chi connectivity index (χ0) is 91.8. The van der Waals surface area contributed by atoms with E-state index in [9.17, 15) is 36.9 Å². The lowest BCUT2D eigenvalue weighted by molar-refractivity contribution is 0.103. The predicted molar refractivity (Wildman–Crippen MR) is 517 cm³/mol. The molecule has 0 aliphatic heterocycles. The fourth-order valence-electron chi connectivity index (χ4n) is 15.7. The molecule has 0 radical (unpaired) electrons. The molecule has 0 saturated heterocycles. The van der Waals surface area contributed by atoms with Crippen LogP contribution in [0.15, 0.2) is 387 Å². The number of aryl methyl sites for hydroxylation is 2. The van der Waals surface area contributed by atoms with Gasteiger partial charge < -0.3 is 18.9 Å². The van der Waals surface area contributed by atoms with E-state index in [1.165, 1.54) is 40.5 Å². The number of ether oxygens (including phenoxy) is 4. The van der Waals surface area contributed by atoms with Crippen LogP contribution in [0.3, 0.4) is 0 Å². The van der Waals surface area contributed by atoms with Gasteiger partial charge in [0, 0.05) is 87.3 Å². The molecule has 0 amide bonds. The van der Waals surface area contributed by atoms with Crippen molar-refractivity contribution in [3.8, 4) is 57.1 Å². The lowest BCUT2D eigenvalue weighted by Crippen LogP contribution is -2.22. The smallest absolute Gasteiger partial charge is 0.294 e. The zero-order valence-electron chi connectivity index (χ0n) is 73.5. The van der Waals surface area contributed by atoms with Gasteiger partial charge in [-0.2, -0.15) is 8.42 Å². The van der Waals surface area contributed by atoms with Crippen LogP contribution in [0.25, 0.3) is 11.1 Å². The molecule has 0 fully saturated rings. The van der Waals surface area contributed by atoms with Gasteiger partial charge in [-0.3, -0.25) is 28.5 Å².